The van der Waals surface area contributed by atoms with Gasteiger partial charge in [-0.1, -0.05) is 45.0 Å². The molecular weight excluding hydrogens is 258 g/mol. The number of benzene rings is 2. The van der Waals surface area contributed by atoms with Gasteiger partial charge in [-0.25, -0.2) is 0 Å². The first-order valence-corrected chi connectivity index (χ1v) is 7.36. The van der Waals surface area contributed by atoms with E-state index in [1.165, 1.54) is 11.1 Å². The van der Waals surface area contributed by atoms with Crippen LogP contribution in [-0.4, -0.2) is 0 Å². The van der Waals surface area contributed by atoms with E-state index in [9.17, 15) is 0 Å². The summed E-state index contributed by atoms with van der Waals surface area (Å²) in [5, 5.41) is 0. The van der Waals surface area contributed by atoms with Gasteiger partial charge in [0.2, 0.25) is 0 Å². The molecule has 2 N–H and O–H groups in total. The van der Waals surface area contributed by atoms with Crippen molar-refractivity contribution < 1.29 is 4.74 Å². The Hall–Kier alpha value is -1.96. The Bertz CT molecular complexity index is 621. The lowest BCUT2D eigenvalue weighted by Crippen LogP contribution is -2.10. The van der Waals surface area contributed by atoms with Crippen LogP contribution in [0.1, 0.15) is 43.0 Å². The summed E-state index contributed by atoms with van der Waals surface area (Å²) in [6.07, 6.45) is 0. The molecule has 0 aliphatic carbocycles. The van der Waals surface area contributed by atoms with E-state index in [0.29, 0.717) is 6.61 Å². The summed E-state index contributed by atoms with van der Waals surface area (Å²) in [5.41, 5.74) is 11.5. The van der Waals surface area contributed by atoms with Gasteiger partial charge in [-0.05, 0) is 53.6 Å². The molecule has 2 nitrogen and oxygen atoms in total. The first-order valence-electron chi connectivity index (χ1n) is 7.36. The standard InChI is InChI=1S/C19H25NO/c1-13-11-18(14(2)10-17(13)20)21-12-15-6-8-16(9-7-15)19(3,4)5/h6-11H,12,20H2,1-5H3. The second-order valence-electron chi connectivity index (χ2n) is 6.71. The van der Waals surface area contributed by atoms with Gasteiger partial charge in [-0.3, -0.25) is 0 Å². The van der Waals surface area contributed by atoms with Gasteiger partial charge in [0.05, 0.1) is 0 Å². The van der Waals surface area contributed by atoms with E-state index in [4.69, 9.17) is 10.5 Å². The third-order valence-electron chi connectivity index (χ3n) is 3.78. The van der Waals surface area contributed by atoms with Gasteiger partial charge in [0.15, 0.2) is 0 Å². The predicted octanol–water partition coefficient (Wildman–Crippen LogP) is 4.76. The molecule has 0 aliphatic rings. The lowest BCUT2D eigenvalue weighted by atomic mass is 9.87. The maximum Gasteiger partial charge on any atom is 0.123 e. The molecule has 2 rings (SSSR count). The highest BCUT2D eigenvalue weighted by molar-refractivity contribution is 5.53. The highest BCUT2D eigenvalue weighted by Gasteiger charge is 2.13. The molecule has 0 spiro atoms. The number of ether oxygens (including phenoxy) is 1. The van der Waals surface area contributed by atoms with Crippen molar-refractivity contribution in [2.45, 2.75) is 46.6 Å². The molecule has 0 radical (unpaired) electrons. The second-order valence-corrected chi connectivity index (χ2v) is 6.71. The minimum atomic E-state index is 0.185. The summed E-state index contributed by atoms with van der Waals surface area (Å²) in [7, 11) is 0. The number of nitrogens with two attached hydrogens (primary N) is 1. The highest BCUT2D eigenvalue weighted by Crippen LogP contribution is 2.26. The molecular formula is C19H25NO. The second kappa shape index (κ2) is 5.80. The Balaban J connectivity index is 2.08. The number of hydrogen-bond acceptors (Lipinski definition) is 2. The van der Waals surface area contributed by atoms with Gasteiger partial charge >= 0.3 is 0 Å². The molecule has 0 aliphatic heterocycles. The zero-order valence-corrected chi connectivity index (χ0v) is 13.7. The Labute approximate surface area is 127 Å². The molecule has 0 saturated heterocycles. The van der Waals surface area contributed by atoms with Gasteiger partial charge in [0, 0.05) is 5.69 Å². The number of nitrogen functional groups attached to an aromatic ring is 1. The fourth-order valence-corrected chi connectivity index (χ4v) is 2.23. The van der Waals surface area contributed by atoms with Gasteiger partial charge < -0.3 is 10.5 Å². The van der Waals surface area contributed by atoms with Crippen molar-refractivity contribution in [2.24, 2.45) is 0 Å². The Morgan fingerprint density at radius 2 is 1.57 bits per heavy atom. The Morgan fingerprint density at radius 1 is 0.952 bits per heavy atom. The Morgan fingerprint density at radius 3 is 2.14 bits per heavy atom. The van der Waals surface area contributed by atoms with E-state index >= 15 is 0 Å². The zero-order chi connectivity index (χ0) is 15.6. The molecule has 112 valence electrons. The maximum atomic E-state index is 5.93. The molecule has 2 heteroatoms. The molecule has 0 saturated carbocycles. The molecule has 0 bridgehead atoms. The van der Waals surface area contributed by atoms with Crippen LogP contribution in [0.25, 0.3) is 0 Å². The van der Waals surface area contributed by atoms with Crippen LogP contribution in [0, 0.1) is 13.8 Å². The normalized spacial score (nSPS) is 11.5. The number of aryl methyl sites for hydroxylation is 2. The largest absolute Gasteiger partial charge is 0.489 e. The van der Waals surface area contributed by atoms with Crippen molar-refractivity contribution in [2.75, 3.05) is 5.73 Å². The van der Waals surface area contributed by atoms with Crippen molar-refractivity contribution in [1.29, 1.82) is 0 Å². The average Bonchev–Trinajstić information content (AvgIpc) is 2.41. The van der Waals surface area contributed by atoms with Gasteiger partial charge in [-0.15, -0.1) is 0 Å². The van der Waals surface area contributed by atoms with Crippen LogP contribution in [0.5, 0.6) is 5.75 Å². The molecule has 0 fully saturated rings. The van der Waals surface area contributed by atoms with E-state index in [2.05, 4.69) is 45.0 Å². The van der Waals surface area contributed by atoms with Crippen LogP contribution in [0.4, 0.5) is 5.69 Å². The van der Waals surface area contributed by atoms with Crippen LogP contribution < -0.4 is 10.5 Å². The number of anilines is 1. The van der Waals surface area contributed by atoms with E-state index in [-0.39, 0.29) is 5.41 Å². The van der Waals surface area contributed by atoms with Crippen molar-refractivity contribution >= 4 is 5.69 Å². The Kier molecular flexibility index (Phi) is 4.26. The minimum absolute atomic E-state index is 0.185. The van der Waals surface area contributed by atoms with Crippen LogP contribution in [0.15, 0.2) is 36.4 Å². The van der Waals surface area contributed by atoms with Crippen LogP contribution >= 0.6 is 0 Å². The molecule has 0 amide bonds. The predicted molar refractivity (Wildman–Crippen MR) is 89.8 cm³/mol. The zero-order valence-electron chi connectivity index (χ0n) is 13.7. The quantitative estimate of drug-likeness (QED) is 0.824. The first kappa shape index (κ1) is 15.4. The molecule has 0 unspecified atom stereocenters. The minimum Gasteiger partial charge on any atom is -0.489 e. The smallest absolute Gasteiger partial charge is 0.123 e. The topological polar surface area (TPSA) is 35.2 Å². The molecule has 2 aromatic rings. The van der Waals surface area contributed by atoms with Crippen LogP contribution in [-0.2, 0) is 12.0 Å². The fraction of sp³-hybridized carbons (Fsp3) is 0.368. The van der Waals surface area contributed by atoms with Crippen molar-refractivity contribution in [1.82, 2.24) is 0 Å². The van der Waals surface area contributed by atoms with E-state index in [1.54, 1.807) is 0 Å². The van der Waals surface area contributed by atoms with Crippen LogP contribution in [0.3, 0.4) is 0 Å². The third-order valence-corrected chi connectivity index (χ3v) is 3.78. The summed E-state index contributed by atoms with van der Waals surface area (Å²) in [4.78, 5) is 0. The van der Waals surface area contributed by atoms with Crippen LogP contribution in [0.2, 0.25) is 0 Å². The summed E-state index contributed by atoms with van der Waals surface area (Å²) < 4.78 is 5.93. The van der Waals surface area contributed by atoms with Gasteiger partial charge in [-0.2, -0.15) is 0 Å². The summed E-state index contributed by atoms with van der Waals surface area (Å²) in [6, 6.07) is 12.6. The monoisotopic (exact) mass is 283 g/mol. The lowest BCUT2D eigenvalue weighted by Gasteiger charge is -2.19. The highest BCUT2D eigenvalue weighted by atomic mass is 16.5. The van der Waals surface area contributed by atoms with E-state index < -0.39 is 0 Å². The average molecular weight is 283 g/mol. The van der Waals surface area contributed by atoms with Crippen molar-refractivity contribution in [3.05, 3.63) is 58.7 Å². The summed E-state index contributed by atoms with van der Waals surface area (Å²) in [6.45, 7) is 11.3. The summed E-state index contributed by atoms with van der Waals surface area (Å²) in [5.74, 6) is 0.904. The van der Waals surface area contributed by atoms with E-state index in [0.717, 1.165) is 22.6 Å². The molecule has 0 aromatic heterocycles. The SMILES string of the molecule is Cc1cc(OCc2ccc(C(C)(C)C)cc2)c(C)cc1N. The molecule has 0 heterocycles. The van der Waals surface area contributed by atoms with Gasteiger partial charge in [0.1, 0.15) is 12.4 Å². The fourth-order valence-electron chi connectivity index (χ4n) is 2.23. The number of rotatable bonds is 3. The van der Waals surface area contributed by atoms with Gasteiger partial charge in [0.25, 0.3) is 0 Å². The van der Waals surface area contributed by atoms with Crippen molar-refractivity contribution in [3.63, 3.8) is 0 Å². The first-order chi connectivity index (χ1) is 9.77. The molecule has 21 heavy (non-hydrogen) atoms. The lowest BCUT2D eigenvalue weighted by molar-refractivity contribution is 0.304. The van der Waals surface area contributed by atoms with E-state index in [1.807, 2.05) is 26.0 Å². The number of hydrogen-bond donors (Lipinski definition) is 1. The van der Waals surface area contributed by atoms with Crippen molar-refractivity contribution in [3.8, 4) is 5.75 Å². The maximum absolute atomic E-state index is 5.93. The third kappa shape index (κ3) is 3.78. The molecule has 2 aromatic carbocycles. The summed E-state index contributed by atoms with van der Waals surface area (Å²) >= 11 is 0. The molecule has 0 atom stereocenters.